The van der Waals surface area contributed by atoms with Crippen LogP contribution in [0.1, 0.15) is 18.9 Å². The zero-order valence-corrected chi connectivity index (χ0v) is 10.4. The monoisotopic (exact) mass is 236 g/mol. The molecule has 0 aliphatic heterocycles. The van der Waals surface area contributed by atoms with Crippen molar-refractivity contribution in [3.63, 3.8) is 0 Å². The van der Waals surface area contributed by atoms with Gasteiger partial charge in [-0.25, -0.2) is 0 Å². The maximum absolute atomic E-state index is 11.7. The third-order valence-electron chi connectivity index (χ3n) is 2.70. The summed E-state index contributed by atoms with van der Waals surface area (Å²) in [7, 11) is 1.63. The Morgan fingerprint density at radius 3 is 2.47 bits per heavy atom. The fourth-order valence-corrected chi connectivity index (χ4v) is 1.63. The van der Waals surface area contributed by atoms with Gasteiger partial charge in [0.05, 0.1) is 0 Å². The lowest BCUT2D eigenvalue weighted by molar-refractivity contribution is -0.125. The second-order valence-corrected chi connectivity index (χ2v) is 4.07. The van der Waals surface area contributed by atoms with Crippen LogP contribution in [0.3, 0.4) is 0 Å². The molecule has 0 saturated carbocycles. The van der Waals surface area contributed by atoms with Gasteiger partial charge >= 0.3 is 0 Å². The molecule has 4 nitrogen and oxygen atoms in total. The highest BCUT2D eigenvalue weighted by Gasteiger charge is 2.18. The Bertz CT molecular complexity index is 362. The molecular formula is C13H20N2O2. The Balaban J connectivity index is 2.75. The molecular weight excluding hydrogens is 216 g/mol. The lowest BCUT2D eigenvalue weighted by Gasteiger charge is -2.20. The summed E-state index contributed by atoms with van der Waals surface area (Å²) in [6.07, 6.45) is 0.999. The summed E-state index contributed by atoms with van der Waals surface area (Å²) in [5, 5.41) is 9.38. The van der Waals surface area contributed by atoms with E-state index < -0.39 is 6.10 Å². The van der Waals surface area contributed by atoms with Gasteiger partial charge in [-0.15, -0.1) is 0 Å². The average Bonchev–Trinajstić information content (AvgIpc) is 2.37. The third kappa shape index (κ3) is 3.54. The van der Waals surface area contributed by atoms with E-state index >= 15 is 0 Å². The molecule has 0 aliphatic carbocycles. The van der Waals surface area contributed by atoms with Gasteiger partial charge in [-0.3, -0.25) is 4.79 Å². The first kappa shape index (κ1) is 13.7. The molecule has 1 rings (SSSR count). The lowest BCUT2D eigenvalue weighted by Crippen LogP contribution is -2.40. The van der Waals surface area contributed by atoms with E-state index in [1.165, 1.54) is 10.5 Å². The summed E-state index contributed by atoms with van der Waals surface area (Å²) in [4.78, 5) is 13.1. The number of carbonyl (C=O) groups is 1. The zero-order chi connectivity index (χ0) is 12.8. The number of nitrogens with two attached hydrogens (primary N) is 1. The number of carbonyl (C=O) groups excluding carboxylic acids is 1. The SMILES string of the molecule is CCCc1ccc(N(C)C(=O)C(O)CN)cc1. The molecule has 0 aromatic heterocycles. The second kappa shape index (κ2) is 6.37. The van der Waals surface area contributed by atoms with Gasteiger partial charge < -0.3 is 15.7 Å². The highest BCUT2D eigenvalue weighted by molar-refractivity contribution is 5.96. The van der Waals surface area contributed by atoms with Gasteiger partial charge in [0.1, 0.15) is 6.10 Å². The van der Waals surface area contributed by atoms with Gasteiger partial charge in [-0.2, -0.15) is 0 Å². The quantitative estimate of drug-likeness (QED) is 0.799. The maximum atomic E-state index is 11.7. The molecule has 0 aliphatic rings. The van der Waals surface area contributed by atoms with E-state index in [4.69, 9.17) is 5.73 Å². The Hall–Kier alpha value is -1.39. The Morgan fingerprint density at radius 1 is 1.41 bits per heavy atom. The lowest BCUT2D eigenvalue weighted by atomic mass is 10.1. The number of anilines is 1. The van der Waals surface area contributed by atoms with Crippen LogP contribution >= 0.6 is 0 Å². The predicted octanol–water partition coefficient (Wildman–Crippen LogP) is 0.921. The predicted molar refractivity (Wildman–Crippen MR) is 68.9 cm³/mol. The third-order valence-corrected chi connectivity index (χ3v) is 2.70. The van der Waals surface area contributed by atoms with Crippen LogP contribution in [0.4, 0.5) is 5.69 Å². The van der Waals surface area contributed by atoms with Crippen molar-refractivity contribution in [1.82, 2.24) is 0 Å². The van der Waals surface area contributed by atoms with Crippen molar-refractivity contribution in [3.8, 4) is 0 Å². The van der Waals surface area contributed by atoms with Crippen LogP contribution in [0.25, 0.3) is 0 Å². The molecule has 94 valence electrons. The number of aliphatic hydroxyl groups excluding tert-OH is 1. The highest BCUT2D eigenvalue weighted by Crippen LogP contribution is 2.15. The first-order chi connectivity index (χ1) is 8.10. The molecule has 17 heavy (non-hydrogen) atoms. The number of hydrogen-bond donors (Lipinski definition) is 2. The van der Waals surface area contributed by atoms with Crippen LogP contribution in [0, 0.1) is 0 Å². The number of hydrogen-bond acceptors (Lipinski definition) is 3. The van der Waals surface area contributed by atoms with Crippen molar-refractivity contribution in [2.24, 2.45) is 5.73 Å². The van der Waals surface area contributed by atoms with Crippen molar-refractivity contribution in [2.45, 2.75) is 25.9 Å². The fraction of sp³-hybridized carbons (Fsp3) is 0.462. The van der Waals surface area contributed by atoms with Crippen molar-refractivity contribution in [3.05, 3.63) is 29.8 Å². The largest absolute Gasteiger partial charge is 0.382 e. The van der Waals surface area contributed by atoms with E-state index in [1.807, 2.05) is 24.3 Å². The van der Waals surface area contributed by atoms with Crippen LogP contribution < -0.4 is 10.6 Å². The van der Waals surface area contributed by atoms with Crippen molar-refractivity contribution < 1.29 is 9.90 Å². The Kier molecular flexibility index (Phi) is 5.12. The molecule has 1 unspecified atom stereocenters. The Labute approximate surface area is 102 Å². The van der Waals surface area contributed by atoms with Gasteiger partial charge in [-0.05, 0) is 24.1 Å². The molecule has 1 aromatic rings. The second-order valence-electron chi connectivity index (χ2n) is 4.07. The van der Waals surface area contributed by atoms with Gasteiger partial charge in [-0.1, -0.05) is 25.5 Å². The Morgan fingerprint density at radius 2 is 2.00 bits per heavy atom. The van der Waals surface area contributed by atoms with Gasteiger partial charge in [0.25, 0.3) is 5.91 Å². The first-order valence-electron chi connectivity index (χ1n) is 5.84. The molecule has 0 fully saturated rings. The van der Waals surface area contributed by atoms with Crippen LogP contribution in [-0.2, 0) is 11.2 Å². The number of nitrogens with zero attached hydrogens (tertiary/aromatic N) is 1. The van der Waals surface area contributed by atoms with Crippen LogP contribution in [0.5, 0.6) is 0 Å². The molecule has 1 atom stereocenters. The molecule has 0 spiro atoms. The molecule has 4 heteroatoms. The van der Waals surface area contributed by atoms with Crippen molar-refractivity contribution in [2.75, 3.05) is 18.5 Å². The number of aliphatic hydroxyl groups is 1. The highest BCUT2D eigenvalue weighted by atomic mass is 16.3. The van der Waals surface area contributed by atoms with Crippen LogP contribution in [0.2, 0.25) is 0 Å². The molecule has 1 amide bonds. The van der Waals surface area contributed by atoms with E-state index in [2.05, 4.69) is 6.92 Å². The summed E-state index contributed by atoms with van der Waals surface area (Å²) < 4.78 is 0. The molecule has 0 bridgehead atoms. The first-order valence-corrected chi connectivity index (χ1v) is 5.84. The number of amides is 1. The summed E-state index contributed by atoms with van der Waals surface area (Å²) in [6.45, 7) is 2.07. The summed E-state index contributed by atoms with van der Waals surface area (Å²) >= 11 is 0. The van der Waals surface area contributed by atoms with Crippen molar-refractivity contribution in [1.29, 1.82) is 0 Å². The van der Waals surface area contributed by atoms with E-state index in [-0.39, 0.29) is 12.5 Å². The molecule has 1 aromatic carbocycles. The van der Waals surface area contributed by atoms with Gasteiger partial charge in [0, 0.05) is 19.3 Å². The number of likely N-dealkylation sites (N-methyl/N-ethyl adjacent to an activating group) is 1. The van der Waals surface area contributed by atoms with Crippen LogP contribution in [-0.4, -0.2) is 30.7 Å². The fourth-order valence-electron chi connectivity index (χ4n) is 1.63. The summed E-state index contributed by atoms with van der Waals surface area (Å²) in [6, 6.07) is 7.76. The van der Waals surface area contributed by atoms with E-state index in [0.29, 0.717) is 0 Å². The van der Waals surface area contributed by atoms with E-state index in [0.717, 1.165) is 18.5 Å². The normalized spacial score (nSPS) is 12.2. The summed E-state index contributed by atoms with van der Waals surface area (Å²) in [5.74, 6) is -0.379. The van der Waals surface area contributed by atoms with Crippen LogP contribution in [0.15, 0.2) is 24.3 Å². The molecule has 0 heterocycles. The molecule has 0 radical (unpaired) electrons. The topological polar surface area (TPSA) is 66.6 Å². The van der Waals surface area contributed by atoms with E-state index in [1.54, 1.807) is 7.05 Å². The minimum atomic E-state index is -1.13. The smallest absolute Gasteiger partial charge is 0.256 e. The molecule has 0 saturated heterocycles. The zero-order valence-electron chi connectivity index (χ0n) is 10.4. The standard InChI is InChI=1S/C13H20N2O2/c1-3-4-10-5-7-11(8-6-10)15(2)13(17)12(16)9-14/h5-8,12,16H,3-4,9,14H2,1-2H3. The number of rotatable bonds is 5. The minimum Gasteiger partial charge on any atom is -0.382 e. The number of benzene rings is 1. The van der Waals surface area contributed by atoms with E-state index in [9.17, 15) is 9.90 Å². The summed E-state index contributed by atoms with van der Waals surface area (Å²) in [5.41, 5.74) is 7.27. The number of aryl methyl sites for hydroxylation is 1. The average molecular weight is 236 g/mol. The molecule has 3 N–H and O–H groups in total. The maximum Gasteiger partial charge on any atom is 0.256 e. The van der Waals surface area contributed by atoms with Gasteiger partial charge in [0.15, 0.2) is 0 Å². The minimum absolute atomic E-state index is 0.0584. The van der Waals surface area contributed by atoms with Gasteiger partial charge in [0.2, 0.25) is 0 Å². The van der Waals surface area contributed by atoms with Crippen molar-refractivity contribution >= 4 is 11.6 Å².